The summed E-state index contributed by atoms with van der Waals surface area (Å²) in [5, 5.41) is 2.44. The fourth-order valence-corrected chi connectivity index (χ4v) is 2.27. The molecule has 0 bridgehead atoms. The number of amides is 1. The molecule has 1 amide bonds. The van der Waals surface area contributed by atoms with Gasteiger partial charge in [0.25, 0.3) is 5.91 Å². The quantitative estimate of drug-likeness (QED) is 0.926. The molecule has 1 aliphatic rings. The highest BCUT2D eigenvalue weighted by Gasteiger charge is 2.36. The topological polar surface area (TPSA) is 51.2 Å². The average Bonchev–Trinajstić information content (AvgIpc) is 2.94. The molecule has 1 aliphatic heterocycles. The monoisotopic (exact) mass is 308 g/mol. The summed E-state index contributed by atoms with van der Waals surface area (Å²) in [7, 11) is 0. The number of aromatic nitrogens is 1. The molecular weight excluding hydrogens is 297 g/mol. The summed E-state index contributed by atoms with van der Waals surface area (Å²) < 4.78 is 44.0. The Kier molecular flexibility index (Phi) is 3.48. The van der Waals surface area contributed by atoms with E-state index in [1.807, 2.05) is 0 Å². The zero-order valence-corrected chi connectivity index (χ0v) is 11.3. The zero-order valence-electron chi connectivity index (χ0n) is 11.3. The number of anilines is 1. The fourth-order valence-electron chi connectivity index (χ4n) is 2.27. The summed E-state index contributed by atoms with van der Waals surface area (Å²) >= 11 is 0. The number of fused-ring (bicyclic) bond motifs is 1. The maximum atomic E-state index is 12.9. The van der Waals surface area contributed by atoms with Crippen molar-refractivity contribution in [2.45, 2.75) is 12.6 Å². The molecule has 7 heteroatoms. The Labute approximate surface area is 123 Å². The van der Waals surface area contributed by atoms with Gasteiger partial charge >= 0.3 is 6.18 Å². The maximum Gasteiger partial charge on any atom is 0.418 e. The van der Waals surface area contributed by atoms with E-state index in [0.717, 1.165) is 29.6 Å². The third kappa shape index (κ3) is 2.74. The van der Waals surface area contributed by atoms with Crippen LogP contribution in [-0.4, -0.2) is 17.5 Å². The van der Waals surface area contributed by atoms with Crippen LogP contribution >= 0.6 is 0 Å². The van der Waals surface area contributed by atoms with E-state index < -0.39 is 23.3 Å². The van der Waals surface area contributed by atoms with Gasteiger partial charge in [-0.05, 0) is 35.9 Å². The Bertz CT molecular complexity index is 729. The number of rotatable bonds is 2. The molecule has 3 rings (SSSR count). The molecule has 1 N–H and O–H groups in total. The first-order valence-corrected chi connectivity index (χ1v) is 6.54. The third-order valence-electron chi connectivity index (χ3n) is 3.28. The van der Waals surface area contributed by atoms with Crippen molar-refractivity contribution in [1.82, 2.24) is 4.98 Å². The molecule has 0 saturated carbocycles. The highest BCUT2D eigenvalue weighted by Crippen LogP contribution is 2.32. The summed E-state index contributed by atoms with van der Waals surface area (Å²) in [5.74, 6) is -0.168. The largest absolute Gasteiger partial charge is 0.493 e. The van der Waals surface area contributed by atoms with Gasteiger partial charge in [-0.1, -0.05) is 0 Å². The highest BCUT2D eigenvalue weighted by atomic mass is 19.4. The van der Waals surface area contributed by atoms with Crippen LogP contribution in [0.2, 0.25) is 0 Å². The van der Waals surface area contributed by atoms with Crippen LogP contribution in [0.25, 0.3) is 0 Å². The van der Waals surface area contributed by atoms with E-state index in [1.54, 1.807) is 18.2 Å². The Hall–Kier alpha value is -2.57. The van der Waals surface area contributed by atoms with E-state index in [-0.39, 0.29) is 0 Å². The number of hydrogen-bond acceptors (Lipinski definition) is 3. The van der Waals surface area contributed by atoms with E-state index in [1.165, 1.54) is 0 Å². The number of alkyl halides is 3. The van der Waals surface area contributed by atoms with Crippen LogP contribution in [-0.2, 0) is 12.6 Å². The smallest absolute Gasteiger partial charge is 0.418 e. The van der Waals surface area contributed by atoms with E-state index in [0.29, 0.717) is 18.7 Å². The molecule has 2 heterocycles. The number of halogens is 3. The lowest BCUT2D eigenvalue weighted by Crippen LogP contribution is -2.20. The molecule has 0 saturated heterocycles. The van der Waals surface area contributed by atoms with Gasteiger partial charge in [0.05, 0.1) is 12.2 Å². The Morgan fingerprint density at radius 3 is 2.86 bits per heavy atom. The minimum absolute atomic E-state index is 0.410. The number of nitrogens with one attached hydrogen (secondary N) is 1. The van der Waals surface area contributed by atoms with E-state index in [9.17, 15) is 18.0 Å². The first kappa shape index (κ1) is 14.4. The number of hydrogen-bond donors (Lipinski definition) is 1. The van der Waals surface area contributed by atoms with Crippen molar-refractivity contribution in [1.29, 1.82) is 0 Å². The van der Waals surface area contributed by atoms with Crippen LogP contribution in [0.5, 0.6) is 5.75 Å². The van der Waals surface area contributed by atoms with Crippen LogP contribution < -0.4 is 10.1 Å². The number of ether oxygens (including phenoxy) is 1. The number of carbonyl (C=O) groups excluding carboxylic acids is 1. The number of nitrogens with zero attached hydrogens (tertiary/aromatic N) is 1. The Morgan fingerprint density at radius 1 is 1.27 bits per heavy atom. The van der Waals surface area contributed by atoms with E-state index >= 15 is 0 Å². The van der Waals surface area contributed by atoms with Crippen molar-refractivity contribution in [3.8, 4) is 5.75 Å². The minimum Gasteiger partial charge on any atom is -0.493 e. The van der Waals surface area contributed by atoms with Gasteiger partial charge in [-0.3, -0.25) is 9.78 Å². The molecule has 0 radical (unpaired) electrons. The predicted molar refractivity (Wildman–Crippen MR) is 72.8 cm³/mol. The van der Waals surface area contributed by atoms with Gasteiger partial charge in [-0.15, -0.1) is 0 Å². The standard InChI is InChI=1S/C15H11F3N2O2/c16-15(17,18)11-2-1-6-19-13(11)14(21)20-10-3-4-12-9(8-10)5-7-22-12/h1-4,6,8H,5,7H2,(H,20,21). The van der Waals surface area contributed by atoms with Crippen LogP contribution in [0, 0.1) is 0 Å². The number of pyridine rings is 1. The molecule has 0 spiro atoms. The van der Waals surface area contributed by atoms with Gasteiger partial charge in [0.1, 0.15) is 11.4 Å². The third-order valence-corrected chi connectivity index (χ3v) is 3.28. The van der Waals surface area contributed by atoms with Crippen molar-refractivity contribution in [2.75, 3.05) is 11.9 Å². The van der Waals surface area contributed by atoms with E-state index in [4.69, 9.17) is 4.74 Å². The van der Waals surface area contributed by atoms with Crippen molar-refractivity contribution in [2.24, 2.45) is 0 Å². The van der Waals surface area contributed by atoms with Crippen molar-refractivity contribution >= 4 is 11.6 Å². The van der Waals surface area contributed by atoms with Crippen LogP contribution in [0.3, 0.4) is 0 Å². The highest BCUT2D eigenvalue weighted by molar-refractivity contribution is 6.04. The SMILES string of the molecule is O=C(Nc1ccc2c(c1)CCO2)c1ncccc1C(F)(F)F. The van der Waals surface area contributed by atoms with Gasteiger partial charge in [-0.2, -0.15) is 13.2 Å². The molecular formula is C15H11F3N2O2. The summed E-state index contributed by atoms with van der Waals surface area (Å²) in [4.78, 5) is 15.6. The lowest BCUT2D eigenvalue weighted by atomic mass is 10.1. The first-order chi connectivity index (χ1) is 10.4. The van der Waals surface area contributed by atoms with Crippen molar-refractivity contribution in [3.63, 3.8) is 0 Å². The molecule has 0 aliphatic carbocycles. The van der Waals surface area contributed by atoms with Crippen molar-refractivity contribution < 1.29 is 22.7 Å². The van der Waals surface area contributed by atoms with Crippen LogP contribution in [0.4, 0.5) is 18.9 Å². The maximum absolute atomic E-state index is 12.9. The van der Waals surface area contributed by atoms with E-state index in [2.05, 4.69) is 10.3 Å². The second kappa shape index (κ2) is 5.32. The van der Waals surface area contributed by atoms with Gasteiger partial charge in [0.15, 0.2) is 0 Å². The van der Waals surface area contributed by atoms with Gasteiger partial charge in [-0.25, -0.2) is 0 Å². The average molecular weight is 308 g/mol. The molecule has 114 valence electrons. The molecule has 4 nitrogen and oxygen atoms in total. The summed E-state index contributed by atoms with van der Waals surface area (Å²) in [6.45, 7) is 0.561. The minimum atomic E-state index is -4.63. The van der Waals surface area contributed by atoms with Crippen LogP contribution in [0.1, 0.15) is 21.6 Å². The second-order valence-electron chi connectivity index (χ2n) is 4.77. The normalized spacial score (nSPS) is 13.4. The summed E-state index contributed by atoms with van der Waals surface area (Å²) in [6.07, 6.45) is -2.77. The number of carbonyl (C=O) groups is 1. The molecule has 1 aromatic heterocycles. The van der Waals surface area contributed by atoms with Crippen LogP contribution in [0.15, 0.2) is 36.5 Å². The first-order valence-electron chi connectivity index (χ1n) is 6.54. The fraction of sp³-hybridized carbons (Fsp3) is 0.200. The van der Waals surface area contributed by atoms with Crippen molar-refractivity contribution in [3.05, 3.63) is 53.3 Å². The second-order valence-corrected chi connectivity index (χ2v) is 4.77. The Morgan fingerprint density at radius 2 is 2.09 bits per heavy atom. The zero-order chi connectivity index (χ0) is 15.7. The summed E-state index contributed by atoms with van der Waals surface area (Å²) in [6, 6.07) is 6.93. The molecule has 1 aromatic carbocycles. The number of benzene rings is 1. The van der Waals surface area contributed by atoms with Gasteiger partial charge in [0, 0.05) is 18.3 Å². The lowest BCUT2D eigenvalue weighted by Gasteiger charge is -2.12. The Balaban J connectivity index is 1.86. The summed E-state index contributed by atoms with van der Waals surface area (Å²) in [5.41, 5.74) is -0.383. The molecule has 0 unspecified atom stereocenters. The van der Waals surface area contributed by atoms with Gasteiger partial charge in [0.2, 0.25) is 0 Å². The van der Waals surface area contributed by atoms with Gasteiger partial charge < -0.3 is 10.1 Å². The molecule has 2 aromatic rings. The predicted octanol–water partition coefficient (Wildman–Crippen LogP) is 3.29. The molecule has 0 fully saturated rings. The molecule has 0 atom stereocenters. The lowest BCUT2D eigenvalue weighted by molar-refractivity contribution is -0.138. The molecule has 22 heavy (non-hydrogen) atoms.